The Hall–Kier alpha value is 1.39. The molecular formula is C16H36MoO2PS. The van der Waals surface area contributed by atoms with Crippen molar-refractivity contribution in [2.24, 2.45) is 0 Å². The normalized spacial score (nSPS) is 12.2. The molecule has 0 spiro atoms. The summed E-state index contributed by atoms with van der Waals surface area (Å²) in [7, 11) is -0.130. The molecule has 2 N–H and O–H groups in total. The van der Waals surface area contributed by atoms with Gasteiger partial charge in [0, 0.05) is 0 Å². The maximum atomic E-state index is 10.0. The van der Waals surface area contributed by atoms with Gasteiger partial charge in [0.2, 0.25) is 0 Å². The first-order valence-electron chi connectivity index (χ1n) is 8.76. The summed E-state index contributed by atoms with van der Waals surface area (Å²) in [5, 5.41) is 0. The zero-order valence-corrected chi connectivity index (χ0v) is 17.8. The van der Waals surface area contributed by atoms with E-state index in [-0.39, 0.29) is 10.1 Å². The van der Waals surface area contributed by atoms with Crippen molar-refractivity contribution in [3.63, 3.8) is 0 Å². The summed E-state index contributed by atoms with van der Waals surface area (Å²) in [5.74, 6) is 2.09. The van der Waals surface area contributed by atoms with E-state index in [1.54, 1.807) is 19.3 Å². The summed E-state index contributed by atoms with van der Waals surface area (Å²) in [4.78, 5) is 20.1. The van der Waals surface area contributed by atoms with Crippen LogP contribution in [0.3, 0.4) is 0 Å². The van der Waals surface area contributed by atoms with Gasteiger partial charge >= 0.3 is 146 Å². The van der Waals surface area contributed by atoms with Crippen LogP contribution < -0.4 is 0 Å². The van der Waals surface area contributed by atoms with Gasteiger partial charge in [0.05, 0.1) is 0 Å². The van der Waals surface area contributed by atoms with Crippen LogP contribution in [0.1, 0.15) is 90.9 Å². The van der Waals surface area contributed by atoms with Crippen LogP contribution in [0.25, 0.3) is 0 Å². The van der Waals surface area contributed by atoms with Crippen molar-refractivity contribution in [3.05, 3.63) is 0 Å². The van der Waals surface area contributed by atoms with Gasteiger partial charge in [0.15, 0.2) is 0 Å². The minimum absolute atomic E-state index is 0.130. The van der Waals surface area contributed by atoms with Gasteiger partial charge in [-0.15, -0.1) is 0 Å². The molecule has 0 aromatic heterocycles. The van der Waals surface area contributed by atoms with E-state index in [9.17, 15) is 9.79 Å². The van der Waals surface area contributed by atoms with E-state index >= 15 is 0 Å². The number of unbranched alkanes of at least 4 members (excludes halogenated alkanes) is 10. The molecule has 0 rings (SSSR count). The van der Waals surface area contributed by atoms with Crippen LogP contribution in [0.15, 0.2) is 0 Å². The fourth-order valence-electron chi connectivity index (χ4n) is 2.44. The van der Waals surface area contributed by atoms with Gasteiger partial charge in [-0.3, -0.25) is 0 Å². The SMILES string of the molecule is CCCCCCCCS(CCCCCCCC)=[P](O)(O)[Mo]. The van der Waals surface area contributed by atoms with Crippen LogP contribution in [0.2, 0.25) is 0 Å². The summed E-state index contributed by atoms with van der Waals surface area (Å²) in [6, 6.07) is 0. The molecule has 0 aromatic rings. The average molecular weight is 419 g/mol. The van der Waals surface area contributed by atoms with Crippen molar-refractivity contribution in [1.29, 1.82) is 0 Å². The van der Waals surface area contributed by atoms with E-state index in [1.165, 1.54) is 77.0 Å². The molecule has 0 radical (unpaired) electrons. The summed E-state index contributed by atoms with van der Waals surface area (Å²) >= 11 is 1.61. The summed E-state index contributed by atoms with van der Waals surface area (Å²) in [6.07, 6.45) is 15.5. The second kappa shape index (κ2) is 14.9. The van der Waals surface area contributed by atoms with E-state index < -0.39 is 4.58 Å². The quantitative estimate of drug-likeness (QED) is 0.221. The molecule has 2 nitrogen and oxygen atoms in total. The third-order valence-corrected chi connectivity index (χ3v) is 13.8. The van der Waals surface area contributed by atoms with Crippen LogP contribution in [0.5, 0.6) is 0 Å². The van der Waals surface area contributed by atoms with Crippen LogP contribution in [0.4, 0.5) is 0 Å². The Morgan fingerprint density at radius 3 is 1.33 bits per heavy atom. The second-order valence-corrected chi connectivity index (χ2v) is 17.3. The number of rotatable bonds is 14. The third-order valence-electron chi connectivity index (χ3n) is 3.80. The molecule has 0 heterocycles. The first kappa shape index (κ1) is 22.4. The fourth-order valence-corrected chi connectivity index (χ4v) is 9.69. The Morgan fingerprint density at radius 2 is 1.00 bits per heavy atom. The van der Waals surface area contributed by atoms with Gasteiger partial charge in [0.1, 0.15) is 0 Å². The zero-order valence-electron chi connectivity index (χ0n) is 14.1. The predicted molar refractivity (Wildman–Crippen MR) is 95.2 cm³/mol. The Balaban J connectivity index is 3.86. The Bertz CT molecular complexity index is 266. The van der Waals surface area contributed by atoms with Crippen molar-refractivity contribution in [2.75, 3.05) is 11.5 Å². The van der Waals surface area contributed by atoms with Gasteiger partial charge in [-0.1, -0.05) is 0 Å². The van der Waals surface area contributed by atoms with Gasteiger partial charge < -0.3 is 0 Å². The predicted octanol–water partition coefficient (Wildman–Crippen LogP) is 5.53. The summed E-state index contributed by atoms with van der Waals surface area (Å²) in [5.41, 5.74) is 0. The Kier molecular flexibility index (Phi) is 15.9. The summed E-state index contributed by atoms with van der Waals surface area (Å²) in [6.45, 7) is 4.48. The van der Waals surface area contributed by atoms with E-state index in [2.05, 4.69) is 13.8 Å². The van der Waals surface area contributed by atoms with Crippen molar-refractivity contribution in [2.45, 2.75) is 90.9 Å². The molecule has 5 heteroatoms. The molecule has 21 heavy (non-hydrogen) atoms. The fraction of sp³-hybridized carbons (Fsp3) is 1.00. The van der Waals surface area contributed by atoms with E-state index in [0.717, 1.165) is 11.5 Å². The van der Waals surface area contributed by atoms with Gasteiger partial charge in [-0.05, 0) is 0 Å². The van der Waals surface area contributed by atoms with Crippen molar-refractivity contribution < 1.29 is 29.1 Å². The van der Waals surface area contributed by atoms with E-state index in [0.29, 0.717) is 0 Å². The Morgan fingerprint density at radius 1 is 0.667 bits per heavy atom. The molecule has 0 aliphatic heterocycles. The van der Waals surface area contributed by atoms with Crippen LogP contribution in [0, 0.1) is 0 Å². The summed E-state index contributed by atoms with van der Waals surface area (Å²) < 4.78 is -2.61. The first-order valence-corrected chi connectivity index (χ1v) is 15.2. The van der Waals surface area contributed by atoms with Crippen molar-refractivity contribution in [3.8, 4) is 0 Å². The van der Waals surface area contributed by atoms with Crippen LogP contribution in [-0.2, 0) is 29.4 Å². The number of hydrogen-bond donors (Lipinski definition) is 2. The van der Waals surface area contributed by atoms with Gasteiger partial charge in [-0.25, -0.2) is 0 Å². The molecule has 0 saturated carbocycles. The maximum absolute atomic E-state index is 10.0. The monoisotopic (exact) mass is 421 g/mol. The molecule has 0 aromatic carbocycles. The minimum atomic E-state index is -2.61. The second-order valence-electron chi connectivity index (χ2n) is 5.90. The number of hydrogen-bond acceptors (Lipinski definition) is 0. The molecule has 0 saturated heterocycles. The van der Waals surface area contributed by atoms with E-state index in [4.69, 9.17) is 0 Å². The molecule has 0 bridgehead atoms. The molecule has 129 valence electrons. The molecule has 0 fully saturated rings. The molecular weight excluding hydrogens is 383 g/mol. The van der Waals surface area contributed by atoms with E-state index in [1.807, 2.05) is 0 Å². The topological polar surface area (TPSA) is 40.5 Å². The first-order chi connectivity index (χ1) is 10.0. The average Bonchev–Trinajstić information content (AvgIpc) is 2.42. The molecule has 0 aliphatic rings. The van der Waals surface area contributed by atoms with Crippen LogP contribution >= 0.6 is 4.58 Å². The third kappa shape index (κ3) is 14.7. The van der Waals surface area contributed by atoms with Gasteiger partial charge in [0.25, 0.3) is 0 Å². The Labute approximate surface area is 146 Å². The molecule has 0 aliphatic carbocycles. The molecule has 0 unspecified atom stereocenters. The van der Waals surface area contributed by atoms with Crippen molar-refractivity contribution in [1.82, 2.24) is 0 Å². The van der Waals surface area contributed by atoms with Crippen molar-refractivity contribution >= 4 is 14.7 Å². The zero-order chi connectivity index (χ0) is 16.0. The standard InChI is InChI=1S/C16H36O2PS.Mo/c1-3-5-7-9-11-13-15-20(19(17)18)16-14-12-10-8-6-4-2;/h17-18H,3-16H2,1-2H3;/q+1;-1. The van der Waals surface area contributed by atoms with Gasteiger partial charge in [-0.2, -0.15) is 0 Å². The molecule has 0 atom stereocenters. The molecule has 0 amide bonds. The van der Waals surface area contributed by atoms with Crippen LogP contribution in [-0.4, -0.2) is 21.3 Å².